The van der Waals surface area contributed by atoms with E-state index in [1.807, 2.05) is 33.2 Å². The first kappa shape index (κ1) is 19.7. The third kappa shape index (κ3) is 3.92. The monoisotopic (exact) mass is 405 g/mol. The van der Waals surface area contributed by atoms with Gasteiger partial charge >= 0.3 is 0 Å². The van der Waals surface area contributed by atoms with Gasteiger partial charge in [-0.1, -0.05) is 0 Å². The molecule has 3 aromatic rings. The number of rotatable bonds is 6. The molecule has 1 fully saturated rings. The molecule has 8 heteroatoms. The lowest BCUT2D eigenvalue weighted by Gasteiger charge is -2.17. The van der Waals surface area contributed by atoms with Crippen molar-refractivity contribution in [3.05, 3.63) is 36.2 Å². The van der Waals surface area contributed by atoms with Crippen LogP contribution in [0.25, 0.3) is 22.0 Å². The Morgan fingerprint density at radius 1 is 1.37 bits per heavy atom. The SMILES string of the molecule is CC(C)Oc1cc2c(OC[C@@H]3CCC(=O)N3)ncc(-c3ccn(C)n3)c2cc1C#N. The van der Waals surface area contributed by atoms with Gasteiger partial charge in [0.1, 0.15) is 18.4 Å². The van der Waals surface area contributed by atoms with Gasteiger partial charge in [0.25, 0.3) is 0 Å². The van der Waals surface area contributed by atoms with Crippen molar-refractivity contribution >= 4 is 16.7 Å². The molecule has 1 aliphatic heterocycles. The van der Waals surface area contributed by atoms with Crippen LogP contribution in [0.4, 0.5) is 0 Å². The van der Waals surface area contributed by atoms with Crippen molar-refractivity contribution in [3.63, 3.8) is 0 Å². The summed E-state index contributed by atoms with van der Waals surface area (Å²) in [5.41, 5.74) is 2.00. The largest absolute Gasteiger partial charge is 0.490 e. The highest BCUT2D eigenvalue weighted by atomic mass is 16.5. The highest BCUT2D eigenvalue weighted by Gasteiger charge is 2.22. The summed E-state index contributed by atoms with van der Waals surface area (Å²) in [6, 6.07) is 7.68. The maximum Gasteiger partial charge on any atom is 0.221 e. The van der Waals surface area contributed by atoms with E-state index in [1.165, 1.54) is 0 Å². The molecule has 8 nitrogen and oxygen atoms in total. The summed E-state index contributed by atoms with van der Waals surface area (Å²) in [5.74, 6) is 0.959. The van der Waals surface area contributed by atoms with Gasteiger partial charge < -0.3 is 14.8 Å². The lowest BCUT2D eigenvalue weighted by Crippen LogP contribution is -2.31. The number of aromatic nitrogens is 3. The second-order valence-electron chi connectivity index (χ2n) is 7.64. The molecule has 1 amide bonds. The molecule has 2 aromatic heterocycles. The van der Waals surface area contributed by atoms with Crippen LogP contribution in [0.5, 0.6) is 11.6 Å². The Labute approximate surface area is 174 Å². The van der Waals surface area contributed by atoms with Gasteiger partial charge in [-0.3, -0.25) is 9.48 Å². The highest BCUT2D eigenvalue weighted by molar-refractivity contribution is 5.99. The van der Waals surface area contributed by atoms with Crippen LogP contribution >= 0.6 is 0 Å². The number of ether oxygens (including phenoxy) is 2. The number of hydrogen-bond acceptors (Lipinski definition) is 6. The number of benzene rings is 1. The van der Waals surface area contributed by atoms with Crippen molar-refractivity contribution in [3.8, 4) is 29.0 Å². The number of pyridine rings is 1. The fourth-order valence-electron chi connectivity index (χ4n) is 3.54. The van der Waals surface area contributed by atoms with Crippen LogP contribution in [0.3, 0.4) is 0 Å². The minimum Gasteiger partial charge on any atom is -0.490 e. The van der Waals surface area contributed by atoms with Gasteiger partial charge in [-0.2, -0.15) is 10.4 Å². The van der Waals surface area contributed by atoms with Crippen LogP contribution in [0, 0.1) is 11.3 Å². The third-order valence-electron chi connectivity index (χ3n) is 4.93. The number of amides is 1. The van der Waals surface area contributed by atoms with Crippen LogP contribution in [-0.2, 0) is 11.8 Å². The molecule has 1 atom stereocenters. The minimum atomic E-state index is -0.0837. The van der Waals surface area contributed by atoms with Gasteiger partial charge in [0.2, 0.25) is 11.8 Å². The molecule has 0 aliphatic carbocycles. The Kier molecular flexibility index (Phi) is 5.27. The number of fused-ring (bicyclic) bond motifs is 1. The summed E-state index contributed by atoms with van der Waals surface area (Å²) in [6.45, 7) is 4.15. The smallest absolute Gasteiger partial charge is 0.221 e. The van der Waals surface area contributed by atoms with E-state index in [0.717, 1.165) is 28.5 Å². The fourth-order valence-corrected chi connectivity index (χ4v) is 3.54. The Morgan fingerprint density at radius 3 is 2.83 bits per heavy atom. The van der Waals surface area contributed by atoms with Gasteiger partial charge in [0.15, 0.2) is 0 Å². The quantitative estimate of drug-likeness (QED) is 0.676. The Hall–Kier alpha value is -3.60. The van der Waals surface area contributed by atoms with E-state index in [-0.39, 0.29) is 18.1 Å². The van der Waals surface area contributed by atoms with Crippen LogP contribution in [0.2, 0.25) is 0 Å². The number of carbonyl (C=O) groups is 1. The molecule has 0 saturated carbocycles. The average Bonchev–Trinajstić information content (AvgIpc) is 3.33. The molecule has 1 aromatic carbocycles. The predicted octanol–water partition coefficient (Wildman–Crippen LogP) is 2.95. The first-order chi connectivity index (χ1) is 14.4. The van der Waals surface area contributed by atoms with Gasteiger partial charge in [0.05, 0.1) is 23.4 Å². The average molecular weight is 405 g/mol. The van der Waals surface area contributed by atoms with Gasteiger partial charge in [-0.25, -0.2) is 4.98 Å². The summed E-state index contributed by atoms with van der Waals surface area (Å²) in [7, 11) is 1.85. The number of nitrogens with one attached hydrogen (secondary N) is 1. The fraction of sp³-hybridized carbons (Fsp3) is 0.364. The topological polar surface area (TPSA) is 102 Å². The van der Waals surface area contributed by atoms with Crippen molar-refractivity contribution in [2.24, 2.45) is 7.05 Å². The van der Waals surface area contributed by atoms with E-state index in [1.54, 1.807) is 23.0 Å². The molecule has 1 N–H and O–H groups in total. The molecule has 0 bridgehead atoms. The summed E-state index contributed by atoms with van der Waals surface area (Å²) in [5, 5.41) is 18.6. The first-order valence-corrected chi connectivity index (χ1v) is 9.90. The van der Waals surface area contributed by atoms with Gasteiger partial charge in [-0.05, 0) is 43.9 Å². The van der Waals surface area contributed by atoms with E-state index in [0.29, 0.717) is 30.2 Å². The number of carbonyl (C=O) groups excluding carboxylic acids is 1. The van der Waals surface area contributed by atoms with E-state index in [9.17, 15) is 10.1 Å². The summed E-state index contributed by atoms with van der Waals surface area (Å²) >= 11 is 0. The second-order valence-corrected chi connectivity index (χ2v) is 7.64. The first-order valence-electron chi connectivity index (χ1n) is 9.90. The molecule has 30 heavy (non-hydrogen) atoms. The molecular weight excluding hydrogens is 382 g/mol. The Bertz CT molecular complexity index is 1150. The molecule has 1 aliphatic rings. The van der Waals surface area contributed by atoms with E-state index in [2.05, 4.69) is 21.5 Å². The molecule has 0 spiro atoms. The summed E-state index contributed by atoms with van der Waals surface area (Å²) < 4.78 is 13.6. The number of nitrogens with zero attached hydrogens (tertiary/aromatic N) is 4. The van der Waals surface area contributed by atoms with Gasteiger partial charge in [-0.15, -0.1) is 0 Å². The van der Waals surface area contributed by atoms with Crippen LogP contribution in [0.1, 0.15) is 32.3 Å². The minimum absolute atomic E-state index is 0.0328. The molecule has 4 rings (SSSR count). The molecule has 0 unspecified atom stereocenters. The zero-order valence-electron chi connectivity index (χ0n) is 17.2. The van der Waals surface area contributed by atoms with Crippen molar-refractivity contribution in [1.82, 2.24) is 20.1 Å². The highest BCUT2D eigenvalue weighted by Crippen LogP contribution is 2.36. The third-order valence-corrected chi connectivity index (χ3v) is 4.93. The number of hydrogen-bond donors (Lipinski definition) is 1. The zero-order valence-corrected chi connectivity index (χ0v) is 17.2. The molecule has 1 saturated heterocycles. The molecule has 3 heterocycles. The van der Waals surface area contributed by atoms with Crippen molar-refractivity contribution in [2.45, 2.75) is 38.8 Å². The maximum absolute atomic E-state index is 11.5. The molecule has 154 valence electrons. The van der Waals surface area contributed by atoms with E-state index < -0.39 is 0 Å². The summed E-state index contributed by atoms with van der Waals surface area (Å²) in [6.07, 6.45) is 4.73. The number of aryl methyl sites for hydroxylation is 1. The predicted molar refractivity (Wildman–Crippen MR) is 111 cm³/mol. The van der Waals surface area contributed by atoms with Crippen molar-refractivity contribution in [1.29, 1.82) is 5.26 Å². The maximum atomic E-state index is 11.5. The lowest BCUT2D eigenvalue weighted by molar-refractivity contribution is -0.119. The van der Waals surface area contributed by atoms with E-state index >= 15 is 0 Å². The van der Waals surface area contributed by atoms with Gasteiger partial charge in [0, 0.05) is 36.8 Å². The van der Waals surface area contributed by atoms with E-state index in [4.69, 9.17) is 9.47 Å². The Balaban J connectivity index is 1.80. The van der Waals surface area contributed by atoms with Crippen LogP contribution < -0.4 is 14.8 Å². The zero-order chi connectivity index (χ0) is 21.3. The molecule has 0 radical (unpaired) electrons. The second kappa shape index (κ2) is 8.03. The molecular formula is C22H23N5O3. The van der Waals surface area contributed by atoms with Crippen LogP contribution in [0.15, 0.2) is 30.6 Å². The Morgan fingerprint density at radius 2 is 2.20 bits per heavy atom. The lowest BCUT2D eigenvalue weighted by atomic mass is 10.0. The van der Waals surface area contributed by atoms with Crippen molar-refractivity contribution in [2.75, 3.05) is 6.61 Å². The standard InChI is InChI=1S/C22H23N5O3/c1-13(2)30-20-9-17-16(8-14(20)10-23)18(19-6-7-27(3)26-19)11-24-22(17)29-12-15-4-5-21(28)25-15/h6-9,11,13,15H,4-5,12H2,1-3H3,(H,25,28)/t15-/m0/s1. The van der Waals surface area contributed by atoms with Crippen molar-refractivity contribution < 1.29 is 14.3 Å². The van der Waals surface area contributed by atoms with Crippen LogP contribution in [-0.4, -0.2) is 39.4 Å². The normalized spacial score (nSPS) is 16.0. The summed E-state index contributed by atoms with van der Waals surface area (Å²) in [4.78, 5) is 16.0. The number of nitriles is 1.